The van der Waals surface area contributed by atoms with Gasteiger partial charge in [0, 0.05) is 11.9 Å². The molecule has 106 valence electrons. The van der Waals surface area contributed by atoms with Crippen LogP contribution in [-0.4, -0.2) is 38.8 Å². The number of rotatable bonds is 5. The van der Waals surface area contributed by atoms with Gasteiger partial charge >= 0.3 is 0 Å². The van der Waals surface area contributed by atoms with Crippen molar-refractivity contribution in [1.29, 1.82) is 0 Å². The number of aromatic nitrogens is 3. The predicted octanol–water partition coefficient (Wildman–Crippen LogP) is 2.17. The van der Waals surface area contributed by atoms with Gasteiger partial charge in [0.2, 0.25) is 5.91 Å². The lowest BCUT2D eigenvalue weighted by Gasteiger charge is -2.15. The van der Waals surface area contributed by atoms with E-state index in [4.69, 9.17) is 0 Å². The maximum atomic E-state index is 12.1. The maximum absolute atomic E-state index is 12.1. The van der Waals surface area contributed by atoms with E-state index in [1.807, 2.05) is 0 Å². The molecule has 2 aromatic rings. The van der Waals surface area contributed by atoms with Gasteiger partial charge in [-0.25, -0.2) is 4.98 Å². The normalized spacial score (nSPS) is 10.6. The first-order valence-electron chi connectivity index (χ1n) is 6.34. The molecule has 0 aliphatic carbocycles. The van der Waals surface area contributed by atoms with Crippen LogP contribution in [0.25, 0.3) is 0 Å². The fourth-order valence-electron chi connectivity index (χ4n) is 1.73. The molecule has 0 fully saturated rings. The van der Waals surface area contributed by atoms with Crippen LogP contribution in [-0.2, 0) is 11.3 Å². The molecular formula is C14H18N4OS. The highest BCUT2D eigenvalue weighted by Gasteiger charge is 2.12. The third-order valence-corrected chi connectivity index (χ3v) is 4.11. The van der Waals surface area contributed by atoms with Crippen molar-refractivity contribution in [3.8, 4) is 0 Å². The Kier molecular flexibility index (Phi) is 4.79. The summed E-state index contributed by atoms with van der Waals surface area (Å²) in [7, 11) is 1.77. The second-order valence-corrected chi connectivity index (χ2v) is 5.76. The van der Waals surface area contributed by atoms with Crippen LogP contribution in [0.2, 0.25) is 0 Å². The molecule has 6 heteroatoms. The van der Waals surface area contributed by atoms with Crippen molar-refractivity contribution in [3.05, 3.63) is 41.5 Å². The van der Waals surface area contributed by atoms with E-state index in [2.05, 4.69) is 47.2 Å². The third kappa shape index (κ3) is 3.84. The predicted molar refractivity (Wildman–Crippen MR) is 79.5 cm³/mol. The van der Waals surface area contributed by atoms with Crippen LogP contribution >= 0.6 is 11.8 Å². The smallest absolute Gasteiger partial charge is 0.233 e. The number of hydrogen-bond donors (Lipinski definition) is 1. The van der Waals surface area contributed by atoms with Crippen LogP contribution in [0.3, 0.4) is 0 Å². The number of hydrogen-bond acceptors (Lipinski definition) is 4. The average Bonchev–Trinajstić information content (AvgIpc) is 2.92. The molecule has 1 amide bonds. The van der Waals surface area contributed by atoms with Crippen LogP contribution < -0.4 is 0 Å². The van der Waals surface area contributed by atoms with Crippen LogP contribution in [0, 0.1) is 13.8 Å². The molecule has 1 heterocycles. The quantitative estimate of drug-likeness (QED) is 0.857. The van der Waals surface area contributed by atoms with Gasteiger partial charge in [0.05, 0.1) is 12.3 Å². The number of amides is 1. The molecule has 1 aromatic heterocycles. The number of thioether (sulfide) groups is 1. The van der Waals surface area contributed by atoms with Crippen molar-refractivity contribution in [2.75, 3.05) is 12.8 Å². The van der Waals surface area contributed by atoms with Gasteiger partial charge in [-0.2, -0.15) is 5.10 Å². The van der Waals surface area contributed by atoms with Crippen molar-refractivity contribution >= 4 is 17.7 Å². The lowest BCUT2D eigenvalue weighted by Crippen LogP contribution is -2.28. The summed E-state index contributed by atoms with van der Waals surface area (Å²) in [6.45, 7) is 4.57. The summed E-state index contributed by atoms with van der Waals surface area (Å²) in [5, 5.41) is 6.52. The van der Waals surface area contributed by atoms with Gasteiger partial charge in [-0.15, -0.1) is 11.8 Å². The van der Waals surface area contributed by atoms with E-state index in [1.54, 1.807) is 23.7 Å². The zero-order valence-electron chi connectivity index (χ0n) is 11.9. The Morgan fingerprint density at radius 2 is 2.20 bits per heavy atom. The van der Waals surface area contributed by atoms with E-state index in [1.165, 1.54) is 17.5 Å². The second-order valence-electron chi connectivity index (χ2n) is 4.74. The minimum atomic E-state index is 0.0762. The zero-order chi connectivity index (χ0) is 14.5. The van der Waals surface area contributed by atoms with Gasteiger partial charge in [0.15, 0.2) is 0 Å². The average molecular weight is 290 g/mol. The Labute approximate surface area is 122 Å². The minimum absolute atomic E-state index is 0.0762. The molecule has 0 saturated heterocycles. The van der Waals surface area contributed by atoms with Gasteiger partial charge in [0.25, 0.3) is 0 Å². The summed E-state index contributed by atoms with van der Waals surface area (Å²) >= 11 is 1.57. The van der Waals surface area contributed by atoms with E-state index in [0.29, 0.717) is 18.1 Å². The standard InChI is InChI=1S/C14H18N4OS/c1-10-4-5-11(2)12(6-10)20-8-14(19)18(3)7-13-15-9-16-17-13/h4-6,9H,7-8H2,1-3H3,(H,15,16,17). The Bertz CT molecular complexity index is 583. The minimum Gasteiger partial charge on any atom is -0.338 e. The first kappa shape index (κ1) is 14.6. The molecule has 0 aliphatic rings. The number of nitrogens with zero attached hydrogens (tertiary/aromatic N) is 3. The van der Waals surface area contributed by atoms with Crippen LogP contribution in [0.5, 0.6) is 0 Å². The first-order chi connectivity index (χ1) is 9.56. The van der Waals surface area contributed by atoms with E-state index in [-0.39, 0.29) is 5.91 Å². The Hall–Kier alpha value is -1.82. The summed E-state index contributed by atoms with van der Waals surface area (Å²) in [4.78, 5) is 18.9. The van der Waals surface area contributed by atoms with Crippen molar-refractivity contribution in [2.24, 2.45) is 0 Å². The molecule has 1 N–H and O–H groups in total. The maximum Gasteiger partial charge on any atom is 0.233 e. The number of carbonyl (C=O) groups excluding carboxylic acids is 1. The molecule has 0 bridgehead atoms. The molecule has 0 unspecified atom stereocenters. The number of carbonyl (C=O) groups is 1. The topological polar surface area (TPSA) is 61.9 Å². The van der Waals surface area contributed by atoms with Crippen LogP contribution in [0.4, 0.5) is 0 Å². The van der Waals surface area contributed by atoms with Crippen LogP contribution in [0.1, 0.15) is 17.0 Å². The van der Waals surface area contributed by atoms with Gasteiger partial charge in [-0.1, -0.05) is 17.7 Å². The molecule has 1 aromatic carbocycles. The number of aryl methyl sites for hydroxylation is 2. The first-order valence-corrected chi connectivity index (χ1v) is 7.33. The molecule has 2 rings (SSSR count). The van der Waals surface area contributed by atoms with Crippen molar-refractivity contribution in [2.45, 2.75) is 25.3 Å². The largest absolute Gasteiger partial charge is 0.338 e. The molecule has 0 saturated carbocycles. The van der Waals surface area contributed by atoms with Crippen LogP contribution in [0.15, 0.2) is 29.4 Å². The van der Waals surface area contributed by atoms with E-state index < -0.39 is 0 Å². The van der Waals surface area contributed by atoms with Gasteiger partial charge in [0.1, 0.15) is 12.2 Å². The fraction of sp³-hybridized carbons (Fsp3) is 0.357. The Morgan fingerprint density at radius 1 is 1.40 bits per heavy atom. The van der Waals surface area contributed by atoms with E-state index >= 15 is 0 Å². The third-order valence-electron chi connectivity index (χ3n) is 2.97. The summed E-state index contributed by atoms with van der Waals surface area (Å²) in [5.74, 6) is 1.19. The Balaban J connectivity index is 1.89. The number of H-pyrrole nitrogens is 1. The fourth-order valence-corrected chi connectivity index (χ4v) is 2.80. The summed E-state index contributed by atoms with van der Waals surface area (Å²) < 4.78 is 0. The molecule has 0 spiro atoms. The van der Waals surface area contributed by atoms with E-state index in [9.17, 15) is 4.79 Å². The molecule has 0 aliphatic heterocycles. The summed E-state index contributed by atoms with van der Waals surface area (Å²) in [6, 6.07) is 6.28. The number of nitrogens with one attached hydrogen (secondary N) is 1. The molecule has 0 radical (unpaired) electrons. The summed E-state index contributed by atoms with van der Waals surface area (Å²) in [6.07, 6.45) is 1.44. The van der Waals surface area contributed by atoms with Crippen molar-refractivity contribution < 1.29 is 4.79 Å². The molecule has 0 atom stereocenters. The lowest BCUT2D eigenvalue weighted by atomic mass is 10.2. The molecule has 20 heavy (non-hydrogen) atoms. The van der Waals surface area contributed by atoms with Crippen molar-refractivity contribution in [3.63, 3.8) is 0 Å². The zero-order valence-corrected chi connectivity index (χ0v) is 12.7. The highest BCUT2D eigenvalue weighted by Crippen LogP contribution is 2.23. The molecular weight excluding hydrogens is 272 g/mol. The van der Waals surface area contributed by atoms with Crippen molar-refractivity contribution in [1.82, 2.24) is 20.1 Å². The Morgan fingerprint density at radius 3 is 2.90 bits per heavy atom. The summed E-state index contributed by atoms with van der Waals surface area (Å²) in [5.41, 5.74) is 2.41. The van der Waals surface area contributed by atoms with Gasteiger partial charge < -0.3 is 4.90 Å². The van der Waals surface area contributed by atoms with E-state index in [0.717, 1.165) is 4.90 Å². The highest BCUT2D eigenvalue weighted by molar-refractivity contribution is 8.00. The highest BCUT2D eigenvalue weighted by atomic mass is 32.2. The SMILES string of the molecule is Cc1ccc(C)c(SCC(=O)N(C)Cc2ncn[nH]2)c1. The van der Waals surface area contributed by atoms with Gasteiger partial charge in [-0.05, 0) is 25.5 Å². The number of benzene rings is 1. The second kappa shape index (κ2) is 6.56. The lowest BCUT2D eigenvalue weighted by molar-refractivity contribution is -0.127. The molecule has 5 nitrogen and oxygen atoms in total. The number of aromatic amines is 1. The van der Waals surface area contributed by atoms with Gasteiger partial charge in [-0.3, -0.25) is 9.89 Å². The monoisotopic (exact) mass is 290 g/mol.